The highest BCUT2D eigenvalue weighted by Gasteiger charge is 2.27. The summed E-state index contributed by atoms with van der Waals surface area (Å²) in [6.45, 7) is 4.52. The summed E-state index contributed by atoms with van der Waals surface area (Å²) in [6, 6.07) is 21.8. The van der Waals surface area contributed by atoms with Crippen molar-refractivity contribution in [2.45, 2.75) is 126 Å². The van der Waals surface area contributed by atoms with Gasteiger partial charge in [0.05, 0.1) is 20.4 Å². The highest BCUT2D eigenvalue weighted by molar-refractivity contribution is 7.99. The molecule has 0 amide bonds. The van der Waals surface area contributed by atoms with Gasteiger partial charge in [-0.1, -0.05) is 116 Å². The molecule has 54 heavy (non-hydrogen) atoms. The van der Waals surface area contributed by atoms with Crippen LogP contribution in [0.15, 0.2) is 81.2 Å². The van der Waals surface area contributed by atoms with Crippen molar-refractivity contribution in [3.05, 3.63) is 71.4 Å². The average Bonchev–Trinajstić information content (AvgIpc) is 4.02. The zero-order valence-corrected chi connectivity index (χ0v) is 38.3. The molecule has 0 aliphatic heterocycles. The van der Waals surface area contributed by atoms with Crippen molar-refractivity contribution in [2.24, 2.45) is 0 Å². The molecule has 0 bridgehead atoms. The molecule has 0 atom stereocenters. The number of thioether (sulfide) groups is 1. The molecule has 6 aromatic rings. The summed E-state index contributed by atoms with van der Waals surface area (Å²) < 4.78 is 28.6. The molecule has 6 aromatic heterocycles. The molecule has 6 heterocycles. The Kier molecular flexibility index (Phi) is 17.1. The molecule has 10 heteroatoms. The van der Waals surface area contributed by atoms with E-state index in [-0.39, 0.29) is 5.75 Å². The van der Waals surface area contributed by atoms with Crippen LogP contribution < -0.4 is 0 Å². The zero-order chi connectivity index (χ0) is 37.6. The van der Waals surface area contributed by atoms with Crippen LogP contribution in [-0.2, 0) is 9.84 Å². The lowest BCUT2D eigenvalue weighted by atomic mass is 10.1. The largest absolute Gasteiger partial charge is 0.224 e. The molecule has 6 rings (SSSR count). The Bertz CT molecular complexity index is 2050. The second-order valence-corrected chi connectivity index (χ2v) is 23.4. The first kappa shape index (κ1) is 42.1. The topological polar surface area (TPSA) is 34.1 Å². The first-order valence-electron chi connectivity index (χ1n) is 19.9. The van der Waals surface area contributed by atoms with Crippen molar-refractivity contribution in [1.82, 2.24) is 0 Å². The number of sulfone groups is 1. The van der Waals surface area contributed by atoms with Gasteiger partial charge in [0, 0.05) is 43.9 Å². The van der Waals surface area contributed by atoms with Gasteiger partial charge in [0.1, 0.15) is 0 Å². The van der Waals surface area contributed by atoms with E-state index in [1.54, 1.807) is 45.3 Å². The van der Waals surface area contributed by atoms with Crippen LogP contribution in [0, 0.1) is 0 Å². The molecule has 0 aliphatic rings. The van der Waals surface area contributed by atoms with Gasteiger partial charge in [-0.15, -0.1) is 79.8 Å². The minimum Gasteiger partial charge on any atom is -0.224 e. The lowest BCUT2D eigenvalue weighted by Gasteiger charge is -2.05. The fraction of sp³-hybridized carbons (Fsp3) is 0.455. The maximum Gasteiger partial charge on any atom is 0.179 e. The molecule has 0 unspecified atom stereocenters. The first-order chi connectivity index (χ1) is 26.5. The molecule has 0 saturated heterocycles. The van der Waals surface area contributed by atoms with Crippen LogP contribution in [0.25, 0.3) is 48.8 Å². The van der Waals surface area contributed by atoms with Crippen LogP contribution in [0.2, 0.25) is 0 Å². The lowest BCUT2D eigenvalue weighted by Crippen LogP contribution is -2.06. The monoisotopic (exact) mass is 870 g/mol. The Labute approximate surface area is 353 Å². The van der Waals surface area contributed by atoms with Gasteiger partial charge in [0.2, 0.25) is 0 Å². The fourth-order valence-corrected chi connectivity index (χ4v) is 16.3. The van der Waals surface area contributed by atoms with Crippen LogP contribution in [0.4, 0.5) is 0 Å². The Morgan fingerprint density at radius 2 is 0.981 bits per heavy atom. The van der Waals surface area contributed by atoms with Crippen LogP contribution in [-0.4, -0.2) is 19.9 Å². The maximum absolute atomic E-state index is 14.3. The summed E-state index contributed by atoms with van der Waals surface area (Å²) in [5, 5.41) is 4.25. The van der Waals surface area contributed by atoms with E-state index in [0.717, 1.165) is 39.6 Å². The fourth-order valence-electron chi connectivity index (χ4n) is 6.65. The molecule has 0 saturated carbocycles. The molecule has 0 N–H and O–H groups in total. The number of thiophene rings is 6. The standard InChI is InChI=1S/C44H54O2S8/c1-3-5-7-9-11-13-15-17-27-49-40-31-39(37-24-23-35(50-37)33-21-19-28-47-33)52-43(40)41-32-42(54(45,46)30-18-16-14-12-10-8-6-4-2)44(53-41)38-26-25-36(51-38)34-22-20-29-48-34/h19-26,28-29,31-32H,3-18,27,30H2,1-2H3. The summed E-state index contributed by atoms with van der Waals surface area (Å²) in [7, 11) is -3.47. The second-order valence-electron chi connectivity index (χ2n) is 14.0. The van der Waals surface area contributed by atoms with Gasteiger partial charge in [0.15, 0.2) is 9.84 Å². The van der Waals surface area contributed by atoms with Crippen molar-refractivity contribution in [3.63, 3.8) is 0 Å². The van der Waals surface area contributed by atoms with Gasteiger partial charge < -0.3 is 0 Å². The van der Waals surface area contributed by atoms with E-state index in [4.69, 9.17) is 0 Å². The Hall–Kier alpha value is -1.50. The van der Waals surface area contributed by atoms with Crippen LogP contribution >= 0.6 is 79.8 Å². The highest BCUT2D eigenvalue weighted by atomic mass is 32.2. The van der Waals surface area contributed by atoms with Crippen LogP contribution in [0.1, 0.15) is 117 Å². The van der Waals surface area contributed by atoms with Gasteiger partial charge in [-0.3, -0.25) is 0 Å². The van der Waals surface area contributed by atoms with Crippen molar-refractivity contribution in [1.29, 1.82) is 0 Å². The predicted molar refractivity (Wildman–Crippen MR) is 249 cm³/mol. The Morgan fingerprint density at radius 1 is 0.481 bits per heavy atom. The number of rotatable bonds is 25. The van der Waals surface area contributed by atoms with Crippen molar-refractivity contribution >= 4 is 89.6 Å². The number of hydrogen-bond donors (Lipinski definition) is 0. The molecule has 0 aromatic carbocycles. The van der Waals surface area contributed by atoms with Gasteiger partial charge in [0.25, 0.3) is 0 Å². The van der Waals surface area contributed by atoms with E-state index in [1.807, 2.05) is 40.5 Å². The van der Waals surface area contributed by atoms with E-state index in [2.05, 4.69) is 79.2 Å². The van der Waals surface area contributed by atoms with Crippen LogP contribution in [0.5, 0.6) is 0 Å². The lowest BCUT2D eigenvalue weighted by molar-refractivity contribution is 0.573. The molecule has 0 spiro atoms. The highest BCUT2D eigenvalue weighted by Crippen LogP contribution is 2.51. The molecule has 0 radical (unpaired) electrons. The second kappa shape index (κ2) is 21.9. The summed E-state index contributed by atoms with van der Waals surface area (Å²) in [4.78, 5) is 13.6. The zero-order valence-electron chi connectivity index (χ0n) is 31.7. The van der Waals surface area contributed by atoms with Gasteiger partial charge in [-0.05, 0) is 77.9 Å². The van der Waals surface area contributed by atoms with Crippen LogP contribution in [0.3, 0.4) is 0 Å². The number of unbranched alkanes of at least 4 members (excludes halogenated alkanes) is 14. The summed E-state index contributed by atoms with van der Waals surface area (Å²) in [5.74, 6) is 1.30. The van der Waals surface area contributed by atoms with Crippen molar-refractivity contribution in [3.8, 4) is 48.8 Å². The molecule has 0 fully saturated rings. The number of hydrogen-bond acceptors (Lipinski definition) is 9. The van der Waals surface area contributed by atoms with Gasteiger partial charge in [-0.25, -0.2) is 8.42 Å². The maximum atomic E-state index is 14.3. The summed E-state index contributed by atoms with van der Waals surface area (Å²) in [5.41, 5.74) is 0. The predicted octanol–water partition coefficient (Wildman–Crippen LogP) is 17.5. The molecular weight excluding hydrogens is 817 g/mol. The minimum atomic E-state index is -3.47. The van der Waals surface area contributed by atoms with E-state index in [1.165, 1.54) is 123 Å². The first-order valence-corrected chi connectivity index (χ1v) is 27.5. The Balaban J connectivity index is 1.27. The third kappa shape index (κ3) is 11.8. The summed E-state index contributed by atoms with van der Waals surface area (Å²) in [6.07, 6.45) is 19.6. The third-order valence-corrected chi connectivity index (χ3v) is 20.0. The minimum absolute atomic E-state index is 0.213. The third-order valence-electron chi connectivity index (χ3n) is 9.68. The van der Waals surface area contributed by atoms with Gasteiger partial charge >= 0.3 is 0 Å². The molecule has 2 nitrogen and oxygen atoms in total. The van der Waals surface area contributed by atoms with E-state index < -0.39 is 9.84 Å². The SMILES string of the molecule is CCCCCCCCCCSc1cc(-c2ccc(-c3cccs3)s2)sc1-c1cc(S(=O)(=O)CCCCCCCCCC)c(-c2ccc(-c3cccs3)s2)s1. The summed E-state index contributed by atoms with van der Waals surface area (Å²) >= 11 is 12.6. The Morgan fingerprint density at radius 3 is 1.56 bits per heavy atom. The molecular formula is C44H54O2S8. The van der Waals surface area contributed by atoms with E-state index in [0.29, 0.717) is 4.90 Å². The molecule has 0 aliphatic carbocycles. The van der Waals surface area contributed by atoms with E-state index in [9.17, 15) is 8.42 Å². The average molecular weight is 871 g/mol. The quantitative estimate of drug-likeness (QED) is 0.0425. The van der Waals surface area contributed by atoms with Crippen molar-refractivity contribution < 1.29 is 8.42 Å². The molecule has 290 valence electrons. The normalized spacial score (nSPS) is 12.0. The van der Waals surface area contributed by atoms with Gasteiger partial charge in [-0.2, -0.15) is 0 Å². The van der Waals surface area contributed by atoms with Crippen molar-refractivity contribution in [2.75, 3.05) is 11.5 Å². The smallest absolute Gasteiger partial charge is 0.179 e. The van der Waals surface area contributed by atoms with E-state index >= 15 is 0 Å².